The van der Waals surface area contributed by atoms with Crippen LogP contribution in [0, 0.1) is 29.1 Å². The van der Waals surface area contributed by atoms with Gasteiger partial charge in [-0.05, 0) is 173 Å². The molecule has 5 aliphatic carbocycles. The molecule has 4 N–H and O–H groups in total. The van der Waals surface area contributed by atoms with Crippen LogP contribution >= 0.6 is 47.8 Å². The minimum Gasteiger partial charge on any atom is -0.396 e. The van der Waals surface area contributed by atoms with Crippen molar-refractivity contribution in [3.8, 4) is 0 Å². The van der Waals surface area contributed by atoms with Crippen LogP contribution in [0.2, 0.25) is 0 Å². The molecule has 0 aromatic heterocycles. The smallest absolute Gasteiger partial charge is 0.163 e. The molecule has 0 heterocycles. The molecule has 0 fully saturated rings. The number of Topliss-reactive ketones (excluding diaryl/α,β-unsaturated/α-hetero) is 2. The van der Waals surface area contributed by atoms with Crippen LogP contribution in [0.15, 0.2) is 99.4 Å². The van der Waals surface area contributed by atoms with Gasteiger partial charge in [-0.3, -0.25) is 9.59 Å². The van der Waals surface area contributed by atoms with Crippen molar-refractivity contribution in [2.24, 2.45) is 0 Å². The first-order valence-corrected chi connectivity index (χ1v) is 26.3. The van der Waals surface area contributed by atoms with E-state index in [1.165, 1.54) is 36.4 Å². The summed E-state index contributed by atoms with van der Waals surface area (Å²) in [7, 11) is 0. The number of hydrogen-bond donors (Lipinski definition) is 3. The van der Waals surface area contributed by atoms with E-state index in [1.807, 2.05) is 81.4 Å². The van der Waals surface area contributed by atoms with Gasteiger partial charge in [-0.2, -0.15) is 0 Å². The third kappa shape index (κ3) is 18.4. The number of aliphatic hydroxyl groups excluding tert-OH is 2. The maximum Gasteiger partial charge on any atom is 0.163 e. The first kappa shape index (κ1) is 65.7. The Labute approximate surface area is 439 Å². The summed E-state index contributed by atoms with van der Waals surface area (Å²) in [5.74, 6) is -1.09. The number of halogens is 8. The SMILES string of the molecule is C=C.CC.CC.CC.CC.CC.Fc1ccc2c(c1Br)CC=C2.Nc1c(F)ccc2c1CC(O)C2.O=C1CCc2c1ccc(F)c2Br.O=C1CCc2cc(F)ccc21.OC1Cc2ccc(F)c(Br)c2C1. The van der Waals surface area contributed by atoms with Crippen LogP contribution in [0.1, 0.15) is 147 Å². The number of hydrogen-bond acceptors (Lipinski definition) is 5. The van der Waals surface area contributed by atoms with E-state index in [-0.39, 0.29) is 58.5 Å². The second kappa shape index (κ2) is 35.0. The number of anilines is 1. The Hall–Kier alpha value is -4.27. The first-order chi connectivity index (χ1) is 33.6. The van der Waals surface area contributed by atoms with Crippen molar-refractivity contribution in [2.75, 3.05) is 5.73 Å². The van der Waals surface area contributed by atoms with Crippen LogP contribution in [-0.4, -0.2) is 34.0 Å². The number of carbonyl (C=O) groups excluding carboxylic acids is 2. The van der Waals surface area contributed by atoms with Gasteiger partial charge < -0.3 is 15.9 Å². The fourth-order valence-corrected chi connectivity index (χ4v) is 9.07. The molecule has 0 radical (unpaired) electrons. The summed E-state index contributed by atoms with van der Waals surface area (Å²) >= 11 is 9.52. The highest BCUT2D eigenvalue weighted by Gasteiger charge is 2.25. The Bertz CT molecular complexity index is 2400. The number of ketones is 2. The van der Waals surface area contributed by atoms with E-state index in [4.69, 9.17) is 5.73 Å². The van der Waals surface area contributed by atoms with Gasteiger partial charge in [-0.15, -0.1) is 13.2 Å². The molecule has 2 unspecified atom stereocenters. The van der Waals surface area contributed by atoms with E-state index in [9.17, 15) is 41.8 Å². The minimum atomic E-state index is -0.386. The Balaban J connectivity index is 0.000000806. The number of fused-ring (bicyclic) bond motifs is 5. The van der Waals surface area contributed by atoms with Crippen LogP contribution < -0.4 is 5.73 Å². The standard InChI is InChI=1S/C9H6BrFO.C9H8BrFO.C9H6BrF.C9H10FNO.C9H7FO.5C2H6.C2H4/c10-9-6-2-4-8(12)5(6)1-3-7(9)11;10-9-7-4-6(12)3-5(7)1-2-8(9)11;10-9-7-3-1-2-6(7)4-5-8(9)11;10-8-2-1-5-3-6(12)4-7(5)9(8)11;10-7-2-3-8-6(5-7)1-4-9(8)11;6*1-2/h1,3H,2,4H2;1-2,6,12H,3-4H2;1-2,4-5H,3H2;1-2,6,12H,3-4,11H2;2-3,5H,1,4H2;5*1-2H3;1-2H2. The molecular weight excluding hydrogens is 1100 g/mol. The van der Waals surface area contributed by atoms with Gasteiger partial charge in [0.1, 0.15) is 29.1 Å². The van der Waals surface area contributed by atoms with Crippen LogP contribution in [0.25, 0.3) is 6.08 Å². The number of aryl methyl sites for hydroxylation is 1. The molecule has 0 aliphatic heterocycles. The molecule has 384 valence electrons. The number of nitrogens with two attached hydrogens (primary N) is 1. The minimum absolute atomic E-state index is 0.116. The number of benzene rings is 5. The third-order valence-corrected chi connectivity index (χ3v) is 13.0. The van der Waals surface area contributed by atoms with Crippen molar-refractivity contribution in [3.63, 3.8) is 0 Å². The monoisotopic (exact) mass is 1170 g/mol. The van der Waals surface area contributed by atoms with Crippen molar-refractivity contribution in [1.82, 2.24) is 0 Å². The lowest BCUT2D eigenvalue weighted by Crippen LogP contribution is -2.04. The Morgan fingerprint density at radius 3 is 1.50 bits per heavy atom. The van der Waals surface area contributed by atoms with Crippen LogP contribution in [-0.2, 0) is 44.9 Å². The van der Waals surface area contributed by atoms with Gasteiger partial charge in [0.25, 0.3) is 0 Å². The van der Waals surface area contributed by atoms with Gasteiger partial charge in [-0.1, -0.05) is 99.6 Å². The lowest BCUT2D eigenvalue weighted by Gasteiger charge is -2.03. The topological polar surface area (TPSA) is 101 Å². The zero-order valence-electron chi connectivity index (χ0n) is 42.3. The van der Waals surface area contributed by atoms with Crippen LogP contribution in [0.4, 0.5) is 27.6 Å². The molecular formula is C57H71Br3F5NO4. The van der Waals surface area contributed by atoms with E-state index >= 15 is 0 Å². The second-order valence-corrected chi connectivity index (χ2v) is 16.7. The summed E-state index contributed by atoms with van der Waals surface area (Å²) in [6.45, 7) is 26.0. The normalized spacial score (nSPS) is 14.8. The Kier molecular flexibility index (Phi) is 32.8. The fourth-order valence-electron chi connectivity index (χ4n) is 7.45. The maximum absolute atomic E-state index is 13.0. The van der Waals surface area contributed by atoms with Crippen molar-refractivity contribution in [2.45, 2.75) is 139 Å². The Morgan fingerprint density at radius 2 is 0.929 bits per heavy atom. The summed E-state index contributed by atoms with van der Waals surface area (Å²) in [6.07, 6.45) is 8.87. The Morgan fingerprint density at radius 1 is 0.500 bits per heavy atom. The van der Waals surface area contributed by atoms with Gasteiger partial charge >= 0.3 is 0 Å². The average molecular weight is 1170 g/mol. The van der Waals surface area contributed by atoms with Crippen molar-refractivity contribution < 1.29 is 41.8 Å². The molecule has 5 aromatic rings. The summed E-state index contributed by atoms with van der Waals surface area (Å²) in [5.41, 5.74) is 14.7. The molecule has 0 spiro atoms. The van der Waals surface area contributed by atoms with E-state index in [0.717, 1.165) is 50.9 Å². The van der Waals surface area contributed by atoms with Gasteiger partial charge in [0.15, 0.2) is 11.6 Å². The molecule has 10 rings (SSSR count). The highest BCUT2D eigenvalue weighted by atomic mass is 79.9. The number of rotatable bonds is 0. The van der Waals surface area contributed by atoms with E-state index in [2.05, 4.69) is 60.9 Å². The van der Waals surface area contributed by atoms with Crippen LogP contribution in [0.3, 0.4) is 0 Å². The summed E-state index contributed by atoms with van der Waals surface area (Å²) in [5, 5.41) is 18.6. The van der Waals surface area contributed by atoms with Gasteiger partial charge in [0.2, 0.25) is 0 Å². The zero-order valence-corrected chi connectivity index (χ0v) is 47.0. The molecule has 5 nitrogen and oxygen atoms in total. The van der Waals surface area contributed by atoms with E-state index in [0.29, 0.717) is 75.9 Å². The molecule has 0 saturated carbocycles. The van der Waals surface area contributed by atoms with Gasteiger partial charge in [0, 0.05) is 36.8 Å². The lowest BCUT2D eigenvalue weighted by molar-refractivity contribution is 0.0986. The summed E-state index contributed by atoms with van der Waals surface area (Å²) < 4.78 is 65.9. The lowest BCUT2D eigenvalue weighted by atomic mass is 10.1. The largest absolute Gasteiger partial charge is 0.396 e. The molecule has 0 saturated heterocycles. The second-order valence-electron chi connectivity index (χ2n) is 14.3. The molecule has 70 heavy (non-hydrogen) atoms. The van der Waals surface area contributed by atoms with Gasteiger partial charge in [-0.25, -0.2) is 22.0 Å². The van der Waals surface area contributed by atoms with Crippen molar-refractivity contribution in [1.29, 1.82) is 0 Å². The predicted octanol–water partition coefficient (Wildman–Crippen LogP) is 16.7. The molecule has 2 atom stereocenters. The third-order valence-electron chi connectivity index (χ3n) is 10.4. The summed E-state index contributed by atoms with van der Waals surface area (Å²) in [6, 6.07) is 16.7. The number of allylic oxidation sites excluding steroid dienone is 1. The first-order valence-electron chi connectivity index (χ1n) is 24.0. The zero-order chi connectivity index (χ0) is 53.8. The predicted molar refractivity (Wildman–Crippen MR) is 292 cm³/mol. The van der Waals surface area contributed by atoms with E-state index < -0.39 is 0 Å². The summed E-state index contributed by atoms with van der Waals surface area (Å²) in [4.78, 5) is 22.2. The average Bonchev–Trinajstić information content (AvgIpc) is 4.26. The molecule has 0 amide bonds. The van der Waals surface area contributed by atoms with Crippen molar-refractivity contribution >= 4 is 71.1 Å². The van der Waals surface area contributed by atoms with Gasteiger partial charge in [0.05, 0.1) is 31.3 Å². The molecule has 5 aliphatic rings. The number of aliphatic hydroxyl groups is 2. The highest BCUT2D eigenvalue weighted by molar-refractivity contribution is 9.11. The van der Waals surface area contributed by atoms with Crippen LogP contribution in [0.5, 0.6) is 0 Å². The van der Waals surface area contributed by atoms with Crippen molar-refractivity contribution in [3.05, 3.63) is 184 Å². The fraction of sp³-hybridized carbons (Fsp3) is 0.368. The highest BCUT2D eigenvalue weighted by Crippen LogP contribution is 2.33. The number of carbonyl (C=O) groups is 2. The molecule has 5 aromatic carbocycles. The van der Waals surface area contributed by atoms with E-state index in [1.54, 1.807) is 30.3 Å². The molecule has 13 heteroatoms. The number of nitrogen functional groups attached to an aromatic ring is 1. The maximum atomic E-state index is 13.0. The quantitative estimate of drug-likeness (QED) is 0.0815. The molecule has 0 bridgehead atoms.